The summed E-state index contributed by atoms with van der Waals surface area (Å²) in [6.45, 7) is 1.81. The van der Waals surface area contributed by atoms with Crippen molar-refractivity contribution in [3.63, 3.8) is 0 Å². The van der Waals surface area contributed by atoms with E-state index in [1.165, 1.54) is 29.2 Å². The van der Waals surface area contributed by atoms with Crippen molar-refractivity contribution in [3.8, 4) is 0 Å². The van der Waals surface area contributed by atoms with Crippen molar-refractivity contribution in [3.05, 3.63) is 83.4 Å². The Morgan fingerprint density at radius 1 is 0.900 bits per heavy atom. The highest BCUT2D eigenvalue weighted by Gasteiger charge is 2.16. The van der Waals surface area contributed by atoms with Crippen molar-refractivity contribution in [2.45, 2.75) is 6.92 Å². The second kappa shape index (κ2) is 8.61. The van der Waals surface area contributed by atoms with E-state index in [4.69, 9.17) is 0 Å². The molecule has 30 heavy (non-hydrogen) atoms. The third kappa shape index (κ3) is 4.55. The number of allylic oxidation sites excluding steroid dienone is 1. The summed E-state index contributed by atoms with van der Waals surface area (Å²) in [5, 5.41) is 14.2. The first-order valence-corrected chi connectivity index (χ1v) is 9.33. The molecular formula is C24H22N2O4. The minimum atomic E-state index is -1.19. The van der Waals surface area contributed by atoms with E-state index in [0.29, 0.717) is 0 Å². The van der Waals surface area contributed by atoms with Gasteiger partial charge in [-0.05, 0) is 53.1 Å². The molecule has 3 aromatic rings. The number of nitrogens with one attached hydrogen (secondary N) is 1. The summed E-state index contributed by atoms with van der Waals surface area (Å²) >= 11 is 0. The molecule has 152 valence electrons. The van der Waals surface area contributed by atoms with Crippen LogP contribution >= 0.6 is 0 Å². The molecule has 6 heteroatoms. The molecular weight excluding hydrogens is 380 g/mol. The van der Waals surface area contributed by atoms with Crippen molar-refractivity contribution in [2.75, 3.05) is 19.4 Å². The average Bonchev–Trinajstić information content (AvgIpc) is 2.72. The Hall–Kier alpha value is -3.93. The molecule has 0 aliphatic rings. The van der Waals surface area contributed by atoms with E-state index in [9.17, 15) is 19.5 Å². The number of fused-ring (bicyclic) bond motifs is 1. The van der Waals surface area contributed by atoms with Crippen LogP contribution < -0.4 is 5.32 Å². The van der Waals surface area contributed by atoms with Gasteiger partial charge in [0.2, 0.25) is 5.91 Å². The normalized spacial score (nSPS) is 11.2. The van der Waals surface area contributed by atoms with Crippen LogP contribution in [0.3, 0.4) is 0 Å². The van der Waals surface area contributed by atoms with E-state index >= 15 is 0 Å². The quantitative estimate of drug-likeness (QED) is 0.624. The largest absolute Gasteiger partial charge is 0.478 e. The minimum absolute atomic E-state index is 0.0720. The summed E-state index contributed by atoms with van der Waals surface area (Å²) in [6.07, 6.45) is 1.41. The number of aromatic carboxylic acids is 1. The molecule has 6 nitrogen and oxygen atoms in total. The number of anilines is 1. The molecule has 0 spiro atoms. The Labute approximate surface area is 174 Å². The predicted octanol–water partition coefficient (Wildman–Crippen LogP) is 4.28. The van der Waals surface area contributed by atoms with Gasteiger partial charge in [-0.3, -0.25) is 9.59 Å². The fourth-order valence-electron chi connectivity index (χ4n) is 3.11. The summed E-state index contributed by atoms with van der Waals surface area (Å²) in [7, 11) is 3.20. The number of carboxylic acids is 1. The molecule has 0 saturated heterocycles. The minimum Gasteiger partial charge on any atom is -0.478 e. The van der Waals surface area contributed by atoms with Crippen LogP contribution in [0.15, 0.2) is 66.7 Å². The maximum atomic E-state index is 12.6. The fraction of sp³-hybridized carbons (Fsp3) is 0.125. The van der Waals surface area contributed by atoms with Crippen molar-refractivity contribution >= 4 is 39.8 Å². The number of amides is 2. The molecule has 0 unspecified atom stereocenters. The maximum Gasteiger partial charge on any atom is 0.337 e. The standard InChI is InChI=1S/C24H22N2O4/c1-15(17-9-8-16-6-4-5-7-18(16)13-17)12-22(27)25-21-14-19(23(28)26(2)3)10-11-20(21)24(29)30/h4-14H,1-3H3,(H,25,27)(H,29,30)/b15-12-. The molecule has 0 atom stereocenters. The first-order valence-electron chi connectivity index (χ1n) is 9.33. The molecule has 0 bridgehead atoms. The Balaban J connectivity index is 1.89. The van der Waals surface area contributed by atoms with Gasteiger partial charge in [-0.15, -0.1) is 0 Å². The molecule has 0 aromatic heterocycles. The van der Waals surface area contributed by atoms with Crippen LogP contribution in [0.25, 0.3) is 16.3 Å². The molecule has 0 aliphatic carbocycles. The van der Waals surface area contributed by atoms with Crippen LogP contribution in [0.4, 0.5) is 5.69 Å². The fourth-order valence-corrected chi connectivity index (χ4v) is 3.11. The first-order chi connectivity index (χ1) is 14.3. The lowest BCUT2D eigenvalue weighted by atomic mass is 10.0. The number of hydrogen-bond donors (Lipinski definition) is 2. The summed E-state index contributed by atoms with van der Waals surface area (Å²) in [5.41, 5.74) is 1.89. The number of benzene rings is 3. The highest BCUT2D eigenvalue weighted by atomic mass is 16.4. The molecule has 0 fully saturated rings. The Bertz CT molecular complexity index is 1180. The van der Waals surface area contributed by atoms with E-state index < -0.39 is 11.9 Å². The smallest absolute Gasteiger partial charge is 0.337 e. The van der Waals surface area contributed by atoms with Crippen molar-refractivity contribution in [2.24, 2.45) is 0 Å². The van der Waals surface area contributed by atoms with E-state index in [-0.39, 0.29) is 22.7 Å². The summed E-state index contributed by atoms with van der Waals surface area (Å²) in [5.74, 6) is -1.95. The van der Waals surface area contributed by atoms with Crippen LogP contribution in [-0.2, 0) is 4.79 Å². The zero-order chi connectivity index (χ0) is 21.8. The van der Waals surface area contributed by atoms with Crippen LogP contribution in [-0.4, -0.2) is 41.9 Å². The van der Waals surface area contributed by atoms with Gasteiger partial charge in [0.15, 0.2) is 0 Å². The highest BCUT2D eigenvalue weighted by Crippen LogP contribution is 2.22. The SMILES string of the molecule is C/C(=C/C(=O)Nc1cc(C(=O)N(C)C)ccc1C(=O)O)c1ccc2ccccc2c1. The van der Waals surface area contributed by atoms with E-state index in [0.717, 1.165) is 21.9 Å². The van der Waals surface area contributed by atoms with Gasteiger partial charge in [0, 0.05) is 25.7 Å². The van der Waals surface area contributed by atoms with Gasteiger partial charge >= 0.3 is 5.97 Å². The molecule has 0 saturated carbocycles. The van der Waals surface area contributed by atoms with Crippen molar-refractivity contribution < 1.29 is 19.5 Å². The van der Waals surface area contributed by atoms with Crippen molar-refractivity contribution in [1.82, 2.24) is 4.90 Å². The molecule has 0 radical (unpaired) electrons. The third-order valence-corrected chi connectivity index (χ3v) is 4.71. The zero-order valence-corrected chi connectivity index (χ0v) is 17.0. The number of rotatable bonds is 5. The Morgan fingerprint density at radius 2 is 1.57 bits per heavy atom. The molecule has 3 rings (SSSR count). The monoisotopic (exact) mass is 402 g/mol. The van der Waals surface area contributed by atoms with Crippen LogP contribution in [0.2, 0.25) is 0 Å². The molecule has 3 aromatic carbocycles. The predicted molar refractivity (Wildman–Crippen MR) is 118 cm³/mol. The number of carbonyl (C=O) groups is 3. The topological polar surface area (TPSA) is 86.7 Å². The van der Waals surface area contributed by atoms with E-state index in [1.54, 1.807) is 14.1 Å². The second-order valence-corrected chi connectivity index (χ2v) is 7.14. The lowest BCUT2D eigenvalue weighted by molar-refractivity contribution is -0.111. The van der Waals surface area contributed by atoms with E-state index in [1.807, 2.05) is 49.4 Å². The second-order valence-electron chi connectivity index (χ2n) is 7.14. The highest BCUT2D eigenvalue weighted by molar-refractivity contribution is 6.08. The Kier molecular flexibility index (Phi) is 5.97. The van der Waals surface area contributed by atoms with Crippen molar-refractivity contribution in [1.29, 1.82) is 0 Å². The average molecular weight is 402 g/mol. The molecule has 0 aliphatic heterocycles. The van der Waals surface area contributed by atoms with Crippen LogP contribution in [0.1, 0.15) is 33.2 Å². The summed E-state index contributed by atoms with van der Waals surface area (Å²) in [4.78, 5) is 37.7. The molecule has 2 amide bonds. The first kappa shape index (κ1) is 20.8. The van der Waals surface area contributed by atoms with Gasteiger partial charge in [-0.25, -0.2) is 4.79 Å². The number of carbonyl (C=O) groups excluding carboxylic acids is 2. The Morgan fingerprint density at radius 3 is 2.23 bits per heavy atom. The zero-order valence-electron chi connectivity index (χ0n) is 17.0. The lowest BCUT2D eigenvalue weighted by Gasteiger charge is -2.13. The lowest BCUT2D eigenvalue weighted by Crippen LogP contribution is -2.22. The third-order valence-electron chi connectivity index (χ3n) is 4.71. The number of carboxylic acid groups (broad SMARTS) is 1. The molecule has 0 heterocycles. The summed E-state index contributed by atoms with van der Waals surface area (Å²) < 4.78 is 0. The maximum absolute atomic E-state index is 12.6. The number of nitrogens with zero attached hydrogens (tertiary/aromatic N) is 1. The van der Waals surface area contributed by atoms with Gasteiger partial charge in [0.05, 0.1) is 11.3 Å². The van der Waals surface area contributed by atoms with Crippen LogP contribution in [0, 0.1) is 0 Å². The van der Waals surface area contributed by atoms with Gasteiger partial charge in [0.1, 0.15) is 0 Å². The molecule has 2 N–H and O–H groups in total. The van der Waals surface area contributed by atoms with Gasteiger partial charge in [-0.1, -0.05) is 36.4 Å². The summed E-state index contributed by atoms with van der Waals surface area (Å²) in [6, 6.07) is 18.0. The number of hydrogen-bond acceptors (Lipinski definition) is 3. The van der Waals surface area contributed by atoms with Gasteiger partial charge in [0.25, 0.3) is 5.91 Å². The van der Waals surface area contributed by atoms with Gasteiger partial charge < -0.3 is 15.3 Å². The van der Waals surface area contributed by atoms with E-state index in [2.05, 4.69) is 5.32 Å². The van der Waals surface area contributed by atoms with Gasteiger partial charge in [-0.2, -0.15) is 0 Å². The van der Waals surface area contributed by atoms with Crippen LogP contribution in [0.5, 0.6) is 0 Å².